The lowest BCUT2D eigenvalue weighted by molar-refractivity contribution is -0.384. The van der Waals surface area contributed by atoms with E-state index in [1.807, 2.05) is 0 Å². The van der Waals surface area contributed by atoms with Crippen molar-refractivity contribution in [2.45, 2.75) is 0 Å². The molecule has 0 radical (unpaired) electrons. The van der Waals surface area contributed by atoms with Crippen LogP contribution in [0.4, 0.5) is 23.1 Å². The number of benzene rings is 1. The molecule has 0 spiro atoms. The van der Waals surface area contributed by atoms with Crippen molar-refractivity contribution < 1.29 is 9.66 Å². The number of nitrogen functional groups attached to an aromatic ring is 1. The second-order valence-corrected chi connectivity index (χ2v) is 3.57. The summed E-state index contributed by atoms with van der Waals surface area (Å²) in [6, 6.07) is 7.05. The summed E-state index contributed by atoms with van der Waals surface area (Å²) in [5, 5.41) is 13.5. The highest BCUT2D eigenvalue weighted by Crippen LogP contribution is 2.21. The Bertz CT molecular complexity index is 600. The molecule has 0 bridgehead atoms. The van der Waals surface area contributed by atoms with Gasteiger partial charge in [0.25, 0.3) is 0 Å². The first-order chi connectivity index (χ1) is 9.10. The van der Waals surface area contributed by atoms with E-state index in [9.17, 15) is 10.1 Å². The van der Waals surface area contributed by atoms with Crippen molar-refractivity contribution in [1.29, 1.82) is 0 Å². The fraction of sp³-hybridized carbons (Fsp3) is 0.0909. The van der Waals surface area contributed by atoms with E-state index in [-0.39, 0.29) is 17.5 Å². The summed E-state index contributed by atoms with van der Waals surface area (Å²) in [5.74, 6) is 0.721. The van der Waals surface area contributed by atoms with E-state index in [1.165, 1.54) is 0 Å². The van der Waals surface area contributed by atoms with Crippen LogP contribution in [0.1, 0.15) is 0 Å². The number of aromatic nitrogens is 2. The van der Waals surface area contributed by atoms with Crippen LogP contribution in [0.5, 0.6) is 5.75 Å². The van der Waals surface area contributed by atoms with Crippen LogP contribution in [0.15, 0.2) is 30.5 Å². The van der Waals surface area contributed by atoms with E-state index in [4.69, 9.17) is 10.5 Å². The van der Waals surface area contributed by atoms with Crippen LogP contribution in [0.3, 0.4) is 0 Å². The van der Waals surface area contributed by atoms with Crippen molar-refractivity contribution in [3.63, 3.8) is 0 Å². The molecular weight excluding hydrogens is 250 g/mol. The molecule has 0 aliphatic heterocycles. The molecule has 8 heteroatoms. The van der Waals surface area contributed by atoms with Gasteiger partial charge in [-0.05, 0) is 24.3 Å². The Kier molecular flexibility index (Phi) is 3.42. The third-order valence-corrected chi connectivity index (χ3v) is 2.34. The SMILES string of the molecule is COc1ccc(Nc2ncc([N+](=O)[O-])c(N)n2)cc1. The zero-order chi connectivity index (χ0) is 13.8. The van der Waals surface area contributed by atoms with Gasteiger partial charge in [-0.2, -0.15) is 4.98 Å². The van der Waals surface area contributed by atoms with E-state index < -0.39 is 4.92 Å². The van der Waals surface area contributed by atoms with Crippen LogP contribution < -0.4 is 15.8 Å². The van der Waals surface area contributed by atoms with E-state index in [0.29, 0.717) is 5.69 Å². The molecule has 1 heterocycles. The number of hydrogen-bond acceptors (Lipinski definition) is 7. The van der Waals surface area contributed by atoms with Crippen molar-refractivity contribution in [2.24, 2.45) is 0 Å². The van der Waals surface area contributed by atoms with Gasteiger partial charge in [0.15, 0.2) is 0 Å². The molecule has 0 saturated carbocycles. The van der Waals surface area contributed by atoms with Crippen LogP contribution in [0, 0.1) is 10.1 Å². The molecule has 2 rings (SSSR count). The summed E-state index contributed by atoms with van der Waals surface area (Å²) in [7, 11) is 1.57. The van der Waals surface area contributed by atoms with E-state index in [1.54, 1.807) is 31.4 Å². The number of nitrogens with two attached hydrogens (primary N) is 1. The van der Waals surface area contributed by atoms with E-state index >= 15 is 0 Å². The minimum absolute atomic E-state index is 0.184. The van der Waals surface area contributed by atoms with Gasteiger partial charge in [0.2, 0.25) is 11.8 Å². The number of nitro groups is 1. The Labute approximate surface area is 108 Å². The second-order valence-electron chi connectivity index (χ2n) is 3.57. The fourth-order valence-electron chi connectivity index (χ4n) is 1.39. The number of ether oxygens (including phenoxy) is 1. The van der Waals surface area contributed by atoms with Crippen molar-refractivity contribution in [1.82, 2.24) is 9.97 Å². The smallest absolute Gasteiger partial charge is 0.329 e. The molecule has 0 atom stereocenters. The number of hydrogen-bond donors (Lipinski definition) is 2. The number of nitrogens with zero attached hydrogens (tertiary/aromatic N) is 3. The maximum atomic E-state index is 10.6. The highest BCUT2D eigenvalue weighted by molar-refractivity contribution is 5.59. The Morgan fingerprint density at radius 2 is 2.05 bits per heavy atom. The third-order valence-electron chi connectivity index (χ3n) is 2.34. The van der Waals surface area contributed by atoms with Gasteiger partial charge in [-0.25, -0.2) is 4.98 Å². The fourth-order valence-corrected chi connectivity index (χ4v) is 1.39. The van der Waals surface area contributed by atoms with Gasteiger partial charge in [-0.15, -0.1) is 0 Å². The highest BCUT2D eigenvalue weighted by Gasteiger charge is 2.14. The Morgan fingerprint density at radius 1 is 1.37 bits per heavy atom. The monoisotopic (exact) mass is 261 g/mol. The predicted molar refractivity (Wildman–Crippen MR) is 69.4 cm³/mol. The van der Waals surface area contributed by atoms with E-state index in [2.05, 4.69) is 15.3 Å². The summed E-state index contributed by atoms with van der Waals surface area (Å²) in [6.07, 6.45) is 1.06. The first-order valence-electron chi connectivity index (χ1n) is 5.28. The molecule has 0 aliphatic carbocycles. The van der Waals surface area contributed by atoms with Crippen LogP contribution >= 0.6 is 0 Å². The van der Waals surface area contributed by atoms with Crippen LogP contribution in [-0.4, -0.2) is 22.0 Å². The molecule has 0 unspecified atom stereocenters. The molecule has 3 N–H and O–H groups in total. The van der Waals surface area contributed by atoms with Gasteiger partial charge >= 0.3 is 5.69 Å². The number of nitrogens with one attached hydrogen (secondary N) is 1. The quantitative estimate of drug-likeness (QED) is 0.635. The summed E-state index contributed by atoms with van der Waals surface area (Å²) < 4.78 is 5.03. The molecule has 2 aromatic rings. The van der Waals surface area contributed by atoms with Crippen LogP contribution in [-0.2, 0) is 0 Å². The number of anilines is 3. The standard InChI is InChI=1S/C11H11N5O3/c1-19-8-4-2-7(3-5-8)14-11-13-6-9(16(17)18)10(12)15-11/h2-6H,1H3,(H3,12,13,14,15). The highest BCUT2D eigenvalue weighted by atomic mass is 16.6. The Hall–Kier alpha value is -2.90. The zero-order valence-electron chi connectivity index (χ0n) is 10.0. The van der Waals surface area contributed by atoms with Crippen molar-refractivity contribution in [3.05, 3.63) is 40.6 Å². The maximum absolute atomic E-state index is 10.6. The van der Waals surface area contributed by atoms with E-state index in [0.717, 1.165) is 11.9 Å². The first kappa shape index (κ1) is 12.6. The van der Waals surface area contributed by atoms with Crippen LogP contribution in [0.2, 0.25) is 0 Å². The van der Waals surface area contributed by atoms with Gasteiger partial charge in [0, 0.05) is 5.69 Å². The predicted octanol–water partition coefficient (Wildman–Crippen LogP) is 1.72. The molecule has 1 aromatic heterocycles. The minimum Gasteiger partial charge on any atom is -0.497 e. The number of rotatable bonds is 4. The summed E-state index contributed by atoms with van der Waals surface area (Å²) in [6.45, 7) is 0. The summed E-state index contributed by atoms with van der Waals surface area (Å²) in [5.41, 5.74) is 5.87. The Balaban J connectivity index is 2.18. The summed E-state index contributed by atoms with van der Waals surface area (Å²) >= 11 is 0. The minimum atomic E-state index is -0.632. The lowest BCUT2D eigenvalue weighted by Crippen LogP contribution is -2.03. The molecule has 1 aromatic carbocycles. The van der Waals surface area contributed by atoms with Gasteiger partial charge < -0.3 is 15.8 Å². The second kappa shape index (κ2) is 5.17. The average molecular weight is 261 g/mol. The average Bonchev–Trinajstić information content (AvgIpc) is 2.39. The van der Waals surface area contributed by atoms with Gasteiger partial charge in [-0.1, -0.05) is 0 Å². The molecule has 0 amide bonds. The lowest BCUT2D eigenvalue weighted by Gasteiger charge is -2.06. The lowest BCUT2D eigenvalue weighted by atomic mass is 10.3. The maximum Gasteiger partial charge on any atom is 0.329 e. The third kappa shape index (κ3) is 2.86. The van der Waals surface area contributed by atoms with Gasteiger partial charge in [0.05, 0.1) is 12.0 Å². The Morgan fingerprint density at radius 3 is 2.58 bits per heavy atom. The topological polar surface area (TPSA) is 116 Å². The van der Waals surface area contributed by atoms with Crippen molar-refractivity contribution >= 4 is 23.1 Å². The van der Waals surface area contributed by atoms with Gasteiger partial charge in [-0.3, -0.25) is 10.1 Å². The van der Waals surface area contributed by atoms with Crippen molar-refractivity contribution in [3.8, 4) is 5.75 Å². The zero-order valence-corrected chi connectivity index (χ0v) is 10.0. The molecule has 0 saturated heterocycles. The molecule has 0 aliphatic rings. The van der Waals surface area contributed by atoms with Gasteiger partial charge in [0.1, 0.15) is 11.9 Å². The molecule has 98 valence electrons. The molecule has 8 nitrogen and oxygen atoms in total. The first-order valence-corrected chi connectivity index (χ1v) is 5.28. The largest absolute Gasteiger partial charge is 0.497 e. The summed E-state index contributed by atoms with van der Waals surface area (Å²) in [4.78, 5) is 17.6. The molecular formula is C11H11N5O3. The molecule has 0 fully saturated rings. The molecule has 19 heavy (non-hydrogen) atoms. The van der Waals surface area contributed by atoms with Crippen molar-refractivity contribution in [2.75, 3.05) is 18.2 Å². The number of methoxy groups -OCH3 is 1. The van der Waals surface area contributed by atoms with Crippen LogP contribution in [0.25, 0.3) is 0 Å². The normalized spacial score (nSPS) is 9.95.